The van der Waals surface area contributed by atoms with Crippen LogP contribution in [0.15, 0.2) is 0 Å². The van der Waals surface area contributed by atoms with Crippen LogP contribution in [0, 0.1) is 0 Å². The molecule has 2 heteroatoms. The Morgan fingerprint density at radius 2 is 1.90 bits per heavy atom. The highest BCUT2D eigenvalue weighted by atomic mass is 15.1. The summed E-state index contributed by atoms with van der Waals surface area (Å²) in [5.41, 5.74) is 0. The van der Waals surface area contributed by atoms with Crippen molar-refractivity contribution in [1.82, 2.24) is 10.6 Å². The number of hydrogen-bond donors (Lipinski definition) is 2. The van der Waals surface area contributed by atoms with Gasteiger partial charge in [0.15, 0.2) is 0 Å². The van der Waals surface area contributed by atoms with E-state index in [-0.39, 0.29) is 0 Å². The molecule has 0 aliphatic rings. The average Bonchev–Trinajstić information content (AvgIpc) is 1.86. The summed E-state index contributed by atoms with van der Waals surface area (Å²) in [6.07, 6.45) is 2.92. The van der Waals surface area contributed by atoms with Crippen LogP contribution >= 0.6 is 0 Å². The Bertz CT molecular complexity index is 71.7. The molecule has 0 aromatic heterocycles. The molecule has 0 saturated carbocycles. The van der Waals surface area contributed by atoms with E-state index in [0.717, 1.165) is 0 Å². The van der Waals surface area contributed by atoms with Crippen molar-refractivity contribution < 1.29 is 0 Å². The summed E-state index contributed by atoms with van der Waals surface area (Å²) in [5, 5.41) is 6.64. The quantitative estimate of drug-likeness (QED) is 0.569. The van der Waals surface area contributed by atoms with Crippen molar-refractivity contribution in [2.24, 2.45) is 0 Å². The Morgan fingerprint density at radius 1 is 1.30 bits per heavy atom. The molecule has 0 fully saturated rings. The molecule has 2 N–H and O–H groups in total. The highest BCUT2D eigenvalue weighted by Gasteiger charge is 2.03. The summed E-state index contributed by atoms with van der Waals surface area (Å²) in [5.74, 6) is 0. The van der Waals surface area contributed by atoms with E-state index >= 15 is 0 Å². The Hall–Kier alpha value is -0.0800. The highest BCUT2D eigenvalue weighted by molar-refractivity contribution is 4.63. The van der Waals surface area contributed by atoms with Gasteiger partial charge in [-0.15, -0.1) is 0 Å². The number of hydrogen-bond acceptors (Lipinski definition) is 2. The van der Waals surface area contributed by atoms with Gasteiger partial charge in [-0.2, -0.15) is 0 Å². The van der Waals surface area contributed by atoms with Crippen molar-refractivity contribution in [3.63, 3.8) is 0 Å². The molecule has 0 saturated heterocycles. The van der Waals surface area contributed by atoms with Crippen LogP contribution in [0.5, 0.6) is 0 Å². The zero-order valence-corrected chi connectivity index (χ0v) is 7.57. The summed E-state index contributed by atoms with van der Waals surface area (Å²) >= 11 is 0. The normalized spacial score (nSPS) is 14.1. The van der Waals surface area contributed by atoms with Crippen LogP contribution in [0.1, 0.15) is 33.6 Å². The van der Waals surface area contributed by atoms with Gasteiger partial charge in [0.1, 0.15) is 0 Å². The van der Waals surface area contributed by atoms with Crippen molar-refractivity contribution in [3.8, 4) is 0 Å². The molecule has 0 spiro atoms. The minimum absolute atomic E-state index is 0.491. The predicted molar refractivity (Wildman–Crippen MR) is 46.0 cm³/mol. The van der Waals surface area contributed by atoms with Crippen molar-refractivity contribution in [2.45, 2.75) is 45.8 Å². The zero-order valence-electron chi connectivity index (χ0n) is 7.57. The summed E-state index contributed by atoms with van der Waals surface area (Å²) in [6, 6.07) is 0.573. The van der Waals surface area contributed by atoms with Crippen molar-refractivity contribution in [1.29, 1.82) is 0 Å². The van der Waals surface area contributed by atoms with Gasteiger partial charge < -0.3 is 5.32 Å². The van der Waals surface area contributed by atoms with Crippen LogP contribution in [0.2, 0.25) is 0 Å². The maximum Gasteiger partial charge on any atom is 0.0571 e. The molecule has 1 atom stereocenters. The van der Waals surface area contributed by atoms with Crippen molar-refractivity contribution >= 4 is 0 Å². The molecule has 1 unspecified atom stereocenters. The Balaban J connectivity index is 3.39. The van der Waals surface area contributed by atoms with E-state index in [1.165, 1.54) is 12.8 Å². The third-order valence-corrected chi connectivity index (χ3v) is 1.46. The topological polar surface area (TPSA) is 24.1 Å². The lowest BCUT2D eigenvalue weighted by molar-refractivity contribution is 0.392. The molecule has 0 aromatic carbocycles. The van der Waals surface area contributed by atoms with Crippen LogP contribution in [0.25, 0.3) is 0 Å². The van der Waals surface area contributed by atoms with Gasteiger partial charge in [0.05, 0.1) is 6.17 Å². The molecule has 2 nitrogen and oxygen atoms in total. The maximum absolute atomic E-state index is 3.42. The lowest BCUT2D eigenvalue weighted by Crippen LogP contribution is -2.43. The fraction of sp³-hybridized carbons (Fsp3) is 1.00. The van der Waals surface area contributed by atoms with Gasteiger partial charge in [-0.25, -0.2) is 0 Å². The van der Waals surface area contributed by atoms with Crippen molar-refractivity contribution in [2.75, 3.05) is 7.05 Å². The summed E-state index contributed by atoms with van der Waals surface area (Å²) in [6.45, 7) is 6.53. The second-order valence-corrected chi connectivity index (χ2v) is 2.95. The molecule has 0 aliphatic carbocycles. The Kier molecular flexibility index (Phi) is 5.64. The van der Waals surface area contributed by atoms with E-state index in [2.05, 4.69) is 31.4 Å². The first-order valence-corrected chi connectivity index (χ1v) is 4.14. The first-order chi connectivity index (χ1) is 4.70. The van der Waals surface area contributed by atoms with Gasteiger partial charge in [-0.1, -0.05) is 13.3 Å². The molecule has 0 heterocycles. The first-order valence-electron chi connectivity index (χ1n) is 4.14. The fourth-order valence-corrected chi connectivity index (χ4v) is 1.00. The third kappa shape index (κ3) is 4.77. The van der Waals surface area contributed by atoms with E-state index in [0.29, 0.717) is 12.2 Å². The van der Waals surface area contributed by atoms with E-state index in [9.17, 15) is 0 Å². The van der Waals surface area contributed by atoms with Crippen molar-refractivity contribution in [3.05, 3.63) is 0 Å². The fourth-order valence-electron chi connectivity index (χ4n) is 1.00. The number of nitrogens with one attached hydrogen (secondary N) is 2. The largest absolute Gasteiger partial charge is 0.305 e. The van der Waals surface area contributed by atoms with Crippen LogP contribution in [0.3, 0.4) is 0 Å². The molecule has 62 valence electrons. The Labute approximate surface area is 64.4 Å². The number of rotatable bonds is 5. The van der Waals surface area contributed by atoms with E-state index in [4.69, 9.17) is 0 Å². The lowest BCUT2D eigenvalue weighted by atomic mass is 10.2. The van der Waals surface area contributed by atoms with Gasteiger partial charge in [-0.05, 0) is 27.3 Å². The minimum atomic E-state index is 0.491. The minimum Gasteiger partial charge on any atom is -0.305 e. The average molecular weight is 144 g/mol. The summed E-state index contributed by atoms with van der Waals surface area (Å²) in [7, 11) is 2.00. The molecule has 0 aliphatic heterocycles. The van der Waals surface area contributed by atoms with Gasteiger partial charge >= 0.3 is 0 Å². The third-order valence-electron chi connectivity index (χ3n) is 1.46. The molecular weight excluding hydrogens is 124 g/mol. The van der Waals surface area contributed by atoms with Gasteiger partial charge in [0.25, 0.3) is 0 Å². The first kappa shape index (κ1) is 9.92. The van der Waals surface area contributed by atoms with Gasteiger partial charge in [0, 0.05) is 6.04 Å². The highest BCUT2D eigenvalue weighted by Crippen LogP contribution is 1.93. The molecule has 0 aromatic rings. The monoisotopic (exact) mass is 144 g/mol. The SMILES string of the molecule is CCCC(NC)NC(C)C. The molecular formula is C8H20N2. The maximum atomic E-state index is 3.42. The summed E-state index contributed by atoms with van der Waals surface area (Å²) < 4.78 is 0. The van der Waals surface area contributed by atoms with Crippen LogP contribution < -0.4 is 10.6 Å². The predicted octanol–water partition coefficient (Wildman–Crippen LogP) is 1.33. The van der Waals surface area contributed by atoms with E-state index < -0.39 is 0 Å². The molecule has 0 rings (SSSR count). The van der Waals surface area contributed by atoms with E-state index in [1.54, 1.807) is 0 Å². The second kappa shape index (κ2) is 5.69. The van der Waals surface area contributed by atoms with Crippen LogP contribution in [-0.4, -0.2) is 19.3 Å². The standard InChI is InChI=1S/C8H20N2/c1-5-6-8(9-4)10-7(2)3/h7-10H,5-6H2,1-4H3. The lowest BCUT2D eigenvalue weighted by Gasteiger charge is -2.19. The summed E-state index contributed by atoms with van der Waals surface area (Å²) in [4.78, 5) is 0. The zero-order chi connectivity index (χ0) is 7.98. The molecule has 0 amide bonds. The van der Waals surface area contributed by atoms with Gasteiger partial charge in [-0.3, -0.25) is 5.32 Å². The molecule has 0 bridgehead atoms. The van der Waals surface area contributed by atoms with E-state index in [1.807, 2.05) is 7.05 Å². The second-order valence-electron chi connectivity index (χ2n) is 2.95. The Morgan fingerprint density at radius 3 is 2.20 bits per heavy atom. The van der Waals surface area contributed by atoms with Gasteiger partial charge in [0.2, 0.25) is 0 Å². The smallest absolute Gasteiger partial charge is 0.0571 e. The molecule has 10 heavy (non-hydrogen) atoms. The molecule has 0 radical (unpaired) electrons. The van der Waals surface area contributed by atoms with Crippen LogP contribution in [0.4, 0.5) is 0 Å². The van der Waals surface area contributed by atoms with Crippen LogP contribution in [-0.2, 0) is 0 Å².